The smallest absolute Gasteiger partial charge is 0.129 e. The molecule has 0 unspecified atom stereocenters. The van der Waals surface area contributed by atoms with Crippen LogP contribution in [0.3, 0.4) is 0 Å². The van der Waals surface area contributed by atoms with Crippen molar-refractivity contribution in [3.05, 3.63) is 65.2 Å². The summed E-state index contributed by atoms with van der Waals surface area (Å²) < 4.78 is 32.6. The first-order chi connectivity index (χ1) is 10.1. The molecule has 2 rings (SSSR count). The molecule has 0 amide bonds. The summed E-state index contributed by atoms with van der Waals surface area (Å²) in [6.07, 6.45) is 0. The van der Waals surface area contributed by atoms with E-state index < -0.39 is 0 Å². The summed E-state index contributed by atoms with van der Waals surface area (Å²) in [5.41, 5.74) is 1.20. The summed E-state index contributed by atoms with van der Waals surface area (Å²) in [6, 6.07) is 11.1. The van der Waals surface area contributed by atoms with Gasteiger partial charge in [0.05, 0.1) is 0 Å². The van der Waals surface area contributed by atoms with Crippen molar-refractivity contribution in [2.75, 3.05) is 0 Å². The molecular formula is C17H19F2NO. The summed E-state index contributed by atoms with van der Waals surface area (Å²) in [7, 11) is 0. The highest BCUT2D eigenvalue weighted by atomic mass is 19.1. The number of nitrogens with one attached hydrogen (secondary N) is 1. The molecule has 21 heavy (non-hydrogen) atoms. The second-order valence-electron chi connectivity index (χ2n) is 5.17. The maximum Gasteiger partial charge on any atom is 0.129 e. The van der Waals surface area contributed by atoms with Gasteiger partial charge in [0, 0.05) is 23.7 Å². The van der Waals surface area contributed by atoms with Gasteiger partial charge in [-0.1, -0.05) is 32.0 Å². The van der Waals surface area contributed by atoms with Crippen molar-refractivity contribution in [3.8, 4) is 5.75 Å². The zero-order valence-electron chi connectivity index (χ0n) is 12.2. The van der Waals surface area contributed by atoms with Crippen molar-refractivity contribution in [1.82, 2.24) is 5.32 Å². The van der Waals surface area contributed by atoms with Gasteiger partial charge in [0.1, 0.15) is 24.0 Å². The lowest BCUT2D eigenvalue weighted by Gasteiger charge is -2.14. The molecule has 0 aliphatic heterocycles. The highest BCUT2D eigenvalue weighted by Gasteiger charge is 2.08. The topological polar surface area (TPSA) is 21.3 Å². The Hall–Kier alpha value is -1.94. The molecule has 2 nitrogen and oxygen atoms in total. The number of ether oxygens (including phenoxy) is 1. The Morgan fingerprint density at radius 1 is 1.05 bits per heavy atom. The van der Waals surface area contributed by atoms with E-state index in [4.69, 9.17) is 4.74 Å². The number of benzene rings is 2. The molecule has 0 saturated carbocycles. The van der Waals surface area contributed by atoms with Crippen LogP contribution in [0.4, 0.5) is 8.78 Å². The molecule has 0 fully saturated rings. The SMILES string of the molecule is CC(C)NCc1cc(F)ccc1OCc1ccccc1F. The van der Waals surface area contributed by atoms with Crippen LogP contribution < -0.4 is 10.1 Å². The summed E-state index contributed by atoms with van der Waals surface area (Å²) in [4.78, 5) is 0. The molecule has 0 aliphatic carbocycles. The first-order valence-electron chi connectivity index (χ1n) is 6.94. The van der Waals surface area contributed by atoms with Crippen LogP contribution in [0.25, 0.3) is 0 Å². The molecule has 112 valence electrons. The van der Waals surface area contributed by atoms with Gasteiger partial charge in [-0.3, -0.25) is 0 Å². The molecule has 0 bridgehead atoms. The molecular weight excluding hydrogens is 272 g/mol. The fourth-order valence-corrected chi connectivity index (χ4v) is 1.91. The third kappa shape index (κ3) is 4.53. The highest BCUT2D eigenvalue weighted by Crippen LogP contribution is 2.21. The van der Waals surface area contributed by atoms with Gasteiger partial charge in [-0.05, 0) is 24.3 Å². The van der Waals surface area contributed by atoms with Gasteiger partial charge in [-0.25, -0.2) is 8.78 Å². The van der Waals surface area contributed by atoms with Gasteiger partial charge in [0.25, 0.3) is 0 Å². The minimum Gasteiger partial charge on any atom is -0.488 e. The molecule has 0 heterocycles. The Morgan fingerprint density at radius 2 is 1.81 bits per heavy atom. The predicted octanol–water partition coefficient (Wildman–Crippen LogP) is 4.04. The summed E-state index contributed by atoms with van der Waals surface area (Å²) in [6.45, 7) is 4.65. The molecule has 0 atom stereocenters. The molecule has 0 spiro atoms. The van der Waals surface area contributed by atoms with Crippen molar-refractivity contribution in [2.24, 2.45) is 0 Å². The maximum absolute atomic E-state index is 13.6. The molecule has 0 aliphatic rings. The predicted molar refractivity (Wildman–Crippen MR) is 79.1 cm³/mol. The maximum atomic E-state index is 13.6. The van der Waals surface area contributed by atoms with E-state index in [9.17, 15) is 8.78 Å². The van der Waals surface area contributed by atoms with Gasteiger partial charge < -0.3 is 10.1 Å². The first-order valence-corrected chi connectivity index (χ1v) is 6.94. The van der Waals surface area contributed by atoms with E-state index in [1.165, 1.54) is 18.2 Å². The Bertz CT molecular complexity index is 599. The van der Waals surface area contributed by atoms with E-state index in [1.54, 1.807) is 24.3 Å². The number of rotatable bonds is 6. The van der Waals surface area contributed by atoms with E-state index in [2.05, 4.69) is 5.32 Å². The van der Waals surface area contributed by atoms with E-state index >= 15 is 0 Å². The second kappa shape index (κ2) is 7.18. The zero-order valence-corrected chi connectivity index (χ0v) is 12.2. The standard InChI is InChI=1S/C17H19F2NO/c1-12(2)20-10-14-9-15(18)7-8-17(14)21-11-13-5-3-4-6-16(13)19/h3-9,12,20H,10-11H2,1-2H3. The molecule has 0 saturated heterocycles. The molecule has 4 heteroatoms. The molecule has 2 aromatic carbocycles. The van der Waals surface area contributed by atoms with Crippen LogP contribution in [0.2, 0.25) is 0 Å². The van der Waals surface area contributed by atoms with Crippen molar-refractivity contribution in [2.45, 2.75) is 33.0 Å². The van der Waals surface area contributed by atoms with Crippen LogP contribution in [0.5, 0.6) is 5.75 Å². The zero-order chi connectivity index (χ0) is 15.2. The fourth-order valence-electron chi connectivity index (χ4n) is 1.91. The van der Waals surface area contributed by atoms with Gasteiger partial charge >= 0.3 is 0 Å². The quantitative estimate of drug-likeness (QED) is 0.867. The molecule has 1 N–H and O–H groups in total. The Morgan fingerprint density at radius 3 is 2.52 bits per heavy atom. The van der Waals surface area contributed by atoms with E-state index in [0.717, 1.165) is 5.56 Å². The molecule has 0 radical (unpaired) electrons. The lowest BCUT2D eigenvalue weighted by molar-refractivity contribution is 0.295. The third-order valence-corrected chi connectivity index (χ3v) is 3.06. The largest absolute Gasteiger partial charge is 0.488 e. The van der Waals surface area contributed by atoms with Crippen LogP contribution in [-0.4, -0.2) is 6.04 Å². The van der Waals surface area contributed by atoms with Gasteiger partial charge in [-0.15, -0.1) is 0 Å². The Kier molecular flexibility index (Phi) is 5.28. The van der Waals surface area contributed by atoms with Crippen LogP contribution in [0.1, 0.15) is 25.0 Å². The minimum atomic E-state index is -0.311. The Labute approximate surface area is 123 Å². The van der Waals surface area contributed by atoms with Gasteiger partial charge in [-0.2, -0.15) is 0 Å². The number of halogens is 2. The van der Waals surface area contributed by atoms with Gasteiger partial charge in [0.2, 0.25) is 0 Å². The number of hydrogen-bond acceptors (Lipinski definition) is 2. The first kappa shape index (κ1) is 15.4. The van der Waals surface area contributed by atoms with Crippen LogP contribution in [0.15, 0.2) is 42.5 Å². The third-order valence-electron chi connectivity index (χ3n) is 3.06. The normalized spacial score (nSPS) is 10.9. The van der Waals surface area contributed by atoms with Crippen LogP contribution >= 0.6 is 0 Å². The van der Waals surface area contributed by atoms with Crippen molar-refractivity contribution in [3.63, 3.8) is 0 Å². The van der Waals surface area contributed by atoms with Crippen molar-refractivity contribution in [1.29, 1.82) is 0 Å². The fraction of sp³-hybridized carbons (Fsp3) is 0.294. The van der Waals surface area contributed by atoms with Gasteiger partial charge in [0.15, 0.2) is 0 Å². The Balaban J connectivity index is 2.10. The lowest BCUT2D eigenvalue weighted by atomic mass is 10.1. The van der Waals surface area contributed by atoms with E-state index in [1.807, 2.05) is 13.8 Å². The highest BCUT2D eigenvalue weighted by molar-refractivity contribution is 5.34. The summed E-state index contributed by atoms with van der Waals surface area (Å²) in [5, 5.41) is 3.22. The van der Waals surface area contributed by atoms with Crippen molar-refractivity contribution < 1.29 is 13.5 Å². The summed E-state index contributed by atoms with van der Waals surface area (Å²) >= 11 is 0. The van der Waals surface area contributed by atoms with E-state index in [0.29, 0.717) is 17.9 Å². The number of hydrogen-bond donors (Lipinski definition) is 1. The lowest BCUT2D eigenvalue weighted by Crippen LogP contribution is -2.22. The van der Waals surface area contributed by atoms with Crippen molar-refractivity contribution >= 4 is 0 Å². The van der Waals surface area contributed by atoms with Crippen LogP contribution in [-0.2, 0) is 13.2 Å². The average molecular weight is 291 g/mol. The van der Waals surface area contributed by atoms with Crippen LogP contribution in [0, 0.1) is 11.6 Å². The average Bonchev–Trinajstić information content (AvgIpc) is 2.45. The molecule has 0 aromatic heterocycles. The second-order valence-corrected chi connectivity index (χ2v) is 5.17. The molecule has 2 aromatic rings. The minimum absolute atomic E-state index is 0.118. The summed E-state index contributed by atoms with van der Waals surface area (Å²) in [5.74, 6) is -0.0527. The van der Waals surface area contributed by atoms with E-state index in [-0.39, 0.29) is 24.3 Å². The monoisotopic (exact) mass is 291 g/mol.